The Morgan fingerprint density at radius 3 is 2.71 bits per heavy atom. The zero-order valence-electron chi connectivity index (χ0n) is 10.2. The first kappa shape index (κ1) is 12.7. The van der Waals surface area contributed by atoms with Crippen LogP contribution in [0.1, 0.15) is 27.4 Å². The first-order valence-corrected chi connectivity index (χ1v) is 6.93. The molecule has 0 spiro atoms. The summed E-state index contributed by atoms with van der Waals surface area (Å²) in [6.45, 7) is 4.70. The van der Waals surface area contributed by atoms with Crippen molar-refractivity contribution < 1.29 is 9.90 Å². The number of thiophene rings is 1. The maximum Gasteiger partial charge on any atom is 0.186 e. The smallest absolute Gasteiger partial charge is 0.186 e. The summed E-state index contributed by atoms with van der Waals surface area (Å²) in [7, 11) is 0. The highest BCUT2D eigenvalue weighted by molar-refractivity contribution is 7.14. The number of aliphatic hydroxyl groups is 1. The van der Waals surface area contributed by atoms with E-state index in [1.54, 1.807) is 11.3 Å². The van der Waals surface area contributed by atoms with Gasteiger partial charge >= 0.3 is 0 Å². The van der Waals surface area contributed by atoms with Crippen LogP contribution in [0, 0.1) is 12.8 Å². The van der Waals surface area contributed by atoms with Gasteiger partial charge in [-0.1, -0.05) is 0 Å². The van der Waals surface area contributed by atoms with E-state index in [9.17, 15) is 4.79 Å². The SMILES string of the molecule is Cc1ccc(C(=O)CN2CCC(CO)CC2)s1. The lowest BCUT2D eigenvalue weighted by Gasteiger charge is -2.30. The number of hydrogen-bond acceptors (Lipinski definition) is 4. The molecule has 1 aliphatic rings. The van der Waals surface area contributed by atoms with Crippen LogP contribution in [0.2, 0.25) is 0 Å². The molecule has 1 aromatic heterocycles. The van der Waals surface area contributed by atoms with Gasteiger partial charge in [-0.3, -0.25) is 9.69 Å². The summed E-state index contributed by atoms with van der Waals surface area (Å²) in [5.74, 6) is 0.663. The second-order valence-electron chi connectivity index (χ2n) is 4.74. The van der Waals surface area contributed by atoms with Crippen LogP contribution in [0.3, 0.4) is 0 Å². The number of nitrogens with zero attached hydrogens (tertiary/aromatic N) is 1. The first-order valence-electron chi connectivity index (χ1n) is 6.12. The maximum absolute atomic E-state index is 12.0. The minimum Gasteiger partial charge on any atom is -0.396 e. The number of likely N-dealkylation sites (tertiary alicyclic amines) is 1. The molecule has 0 amide bonds. The Morgan fingerprint density at radius 2 is 2.18 bits per heavy atom. The first-order chi connectivity index (χ1) is 8.19. The number of piperidine rings is 1. The molecule has 4 heteroatoms. The van der Waals surface area contributed by atoms with E-state index in [1.807, 2.05) is 19.1 Å². The minimum absolute atomic E-state index is 0.227. The van der Waals surface area contributed by atoms with Crippen LogP contribution in [-0.4, -0.2) is 42.0 Å². The quantitative estimate of drug-likeness (QED) is 0.834. The highest BCUT2D eigenvalue weighted by Gasteiger charge is 2.21. The largest absolute Gasteiger partial charge is 0.396 e. The van der Waals surface area contributed by atoms with E-state index in [2.05, 4.69) is 4.90 Å². The Labute approximate surface area is 106 Å². The van der Waals surface area contributed by atoms with Crippen LogP contribution < -0.4 is 0 Å². The zero-order valence-corrected chi connectivity index (χ0v) is 11.0. The molecule has 1 aliphatic heterocycles. The van der Waals surface area contributed by atoms with Crippen molar-refractivity contribution in [2.24, 2.45) is 5.92 Å². The number of carbonyl (C=O) groups excluding carboxylic acids is 1. The predicted molar refractivity (Wildman–Crippen MR) is 69.6 cm³/mol. The molecule has 1 fully saturated rings. The molecular weight excluding hydrogens is 234 g/mol. The monoisotopic (exact) mass is 253 g/mol. The van der Waals surface area contributed by atoms with Gasteiger partial charge in [0.05, 0.1) is 11.4 Å². The Bertz CT molecular complexity index is 381. The molecule has 2 rings (SSSR count). The summed E-state index contributed by atoms with van der Waals surface area (Å²) in [4.78, 5) is 16.2. The van der Waals surface area contributed by atoms with E-state index in [1.165, 1.54) is 4.88 Å². The fourth-order valence-electron chi connectivity index (χ4n) is 2.19. The number of hydrogen-bond donors (Lipinski definition) is 1. The van der Waals surface area contributed by atoms with E-state index in [0.29, 0.717) is 12.5 Å². The van der Waals surface area contributed by atoms with Gasteiger partial charge < -0.3 is 5.11 Å². The molecule has 0 saturated carbocycles. The number of carbonyl (C=O) groups is 1. The predicted octanol–water partition coefficient (Wildman–Crippen LogP) is 1.94. The number of aliphatic hydroxyl groups excluding tert-OH is 1. The van der Waals surface area contributed by atoms with E-state index in [0.717, 1.165) is 30.8 Å². The van der Waals surface area contributed by atoms with Crippen LogP contribution in [0.15, 0.2) is 12.1 Å². The third-order valence-corrected chi connectivity index (χ3v) is 4.39. The summed E-state index contributed by atoms with van der Waals surface area (Å²) in [5, 5.41) is 9.06. The van der Waals surface area contributed by atoms with Crippen molar-refractivity contribution in [3.05, 3.63) is 21.9 Å². The molecule has 94 valence electrons. The maximum atomic E-state index is 12.0. The highest BCUT2D eigenvalue weighted by Crippen LogP contribution is 2.19. The number of ketones is 1. The van der Waals surface area contributed by atoms with Crippen molar-refractivity contribution in [3.8, 4) is 0 Å². The summed E-state index contributed by atoms with van der Waals surface area (Å²) in [6.07, 6.45) is 2.01. The average Bonchev–Trinajstić information content (AvgIpc) is 2.77. The van der Waals surface area contributed by atoms with Crippen molar-refractivity contribution in [1.82, 2.24) is 4.90 Å². The van der Waals surface area contributed by atoms with Gasteiger partial charge in [-0.05, 0) is 50.9 Å². The molecular formula is C13H19NO2S. The van der Waals surface area contributed by atoms with Crippen LogP contribution in [0.5, 0.6) is 0 Å². The second kappa shape index (κ2) is 5.76. The fraction of sp³-hybridized carbons (Fsp3) is 0.615. The topological polar surface area (TPSA) is 40.5 Å². The fourth-order valence-corrected chi connectivity index (χ4v) is 2.99. The summed E-state index contributed by atoms with van der Waals surface area (Å²) in [5.41, 5.74) is 0. The van der Waals surface area contributed by atoms with Crippen molar-refractivity contribution >= 4 is 17.1 Å². The molecule has 1 N–H and O–H groups in total. The molecule has 0 radical (unpaired) electrons. The average molecular weight is 253 g/mol. The zero-order chi connectivity index (χ0) is 12.3. The summed E-state index contributed by atoms with van der Waals surface area (Å²) >= 11 is 1.57. The van der Waals surface area contributed by atoms with Gasteiger partial charge in [-0.25, -0.2) is 0 Å². The van der Waals surface area contributed by atoms with Gasteiger partial charge in [-0.15, -0.1) is 11.3 Å². The molecule has 17 heavy (non-hydrogen) atoms. The van der Waals surface area contributed by atoms with E-state index in [4.69, 9.17) is 5.11 Å². The molecule has 0 aliphatic carbocycles. The molecule has 1 aromatic rings. The third kappa shape index (κ3) is 3.37. The van der Waals surface area contributed by atoms with Gasteiger partial charge in [0.1, 0.15) is 0 Å². The highest BCUT2D eigenvalue weighted by atomic mass is 32.1. The summed E-state index contributed by atoms with van der Waals surface area (Å²) < 4.78 is 0. The van der Waals surface area contributed by atoms with Gasteiger partial charge in [0.15, 0.2) is 5.78 Å². The van der Waals surface area contributed by atoms with Crippen LogP contribution in [0.25, 0.3) is 0 Å². The Morgan fingerprint density at radius 1 is 1.47 bits per heavy atom. The Balaban J connectivity index is 1.84. The molecule has 0 atom stereocenters. The van der Waals surface area contributed by atoms with E-state index >= 15 is 0 Å². The number of Topliss-reactive ketones (excluding diaryl/α,β-unsaturated/α-hetero) is 1. The Kier molecular flexibility index (Phi) is 4.31. The lowest BCUT2D eigenvalue weighted by Crippen LogP contribution is -2.38. The number of rotatable bonds is 4. The molecule has 1 saturated heterocycles. The van der Waals surface area contributed by atoms with Gasteiger partial charge in [0.25, 0.3) is 0 Å². The van der Waals surface area contributed by atoms with Crippen molar-refractivity contribution in [1.29, 1.82) is 0 Å². The van der Waals surface area contributed by atoms with Gasteiger partial charge in [0.2, 0.25) is 0 Å². The van der Waals surface area contributed by atoms with Crippen LogP contribution >= 0.6 is 11.3 Å². The second-order valence-corrected chi connectivity index (χ2v) is 6.02. The summed E-state index contributed by atoms with van der Waals surface area (Å²) in [6, 6.07) is 3.92. The molecule has 3 nitrogen and oxygen atoms in total. The third-order valence-electron chi connectivity index (χ3n) is 3.35. The standard InChI is InChI=1S/C13H19NO2S/c1-10-2-3-13(17-10)12(16)8-14-6-4-11(9-15)5-7-14/h2-3,11,15H,4-9H2,1H3. The van der Waals surface area contributed by atoms with E-state index in [-0.39, 0.29) is 12.4 Å². The van der Waals surface area contributed by atoms with Crippen LogP contribution in [-0.2, 0) is 0 Å². The Hall–Kier alpha value is -0.710. The van der Waals surface area contributed by atoms with Crippen molar-refractivity contribution in [2.45, 2.75) is 19.8 Å². The molecule has 2 heterocycles. The normalized spacial score (nSPS) is 18.5. The van der Waals surface area contributed by atoms with Crippen molar-refractivity contribution in [3.63, 3.8) is 0 Å². The molecule has 0 bridgehead atoms. The minimum atomic E-state index is 0.227. The molecule has 0 unspecified atom stereocenters. The van der Waals surface area contributed by atoms with Crippen LogP contribution in [0.4, 0.5) is 0 Å². The number of aryl methyl sites for hydroxylation is 1. The van der Waals surface area contributed by atoms with Crippen molar-refractivity contribution in [2.75, 3.05) is 26.2 Å². The lowest BCUT2D eigenvalue weighted by molar-refractivity contribution is 0.0868. The van der Waals surface area contributed by atoms with Gasteiger partial charge in [0, 0.05) is 11.5 Å². The lowest BCUT2D eigenvalue weighted by atomic mass is 9.98. The van der Waals surface area contributed by atoms with E-state index < -0.39 is 0 Å². The van der Waals surface area contributed by atoms with Gasteiger partial charge in [-0.2, -0.15) is 0 Å². The molecule has 0 aromatic carbocycles.